The third-order valence-corrected chi connectivity index (χ3v) is 2.25. The first-order valence-electron chi connectivity index (χ1n) is 5.49. The standard InChI is InChI=1S/C12H8F5NO3/c1-2-20-11(19)6-3-4-7(10(13)14)9(8(6)5-18)21-12(15,16)17/h3-4,10H,2H2,1H3. The molecular formula is C12H8F5NO3. The van der Waals surface area contributed by atoms with Crippen molar-refractivity contribution in [3.8, 4) is 11.8 Å². The monoisotopic (exact) mass is 309 g/mol. The molecule has 0 aliphatic carbocycles. The molecule has 0 saturated heterocycles. The third-order valence-electron chi connectivity index (χ3n) is 2.25. The first kappa shape index (κ1) is 16.7. The molecule has 0 bridgehead atoms. The molecule has 0 spiro atoms. The van der Waals surface area contributed by atoms with Crippen LogP contribution < -0.4 is 4.74 Å². The second kappa shape index (κ2) is 6.39. The Hall–Kier alpha value is -2.37. The van der Waals surface area contributed by atoms with Crippen LogP contribution in [0.1, 0.15) is 34.8 Å². The number of nitrogens with zero attached hydrogens (tertiary/aromatic N) is 1. The van der Waals surface area contributed by atoms with E-state index in [1.807, 2.05) is 0 Å². The molecule has 0 radical (unpaired) electrons. The highest BCUT2D eigenvalue weighted by Crippen LogP contribution is 2.37. The second-order valence-electron chi connectivity index (χ2n) is 3.59. The number of carbonyl (C=O) groups excluding carboxylic acids is 1. The fourth-order valence-corrected chi connectivity index (χ4v) is 1.49. The molecule has 0 atom stereocenters. The van der Waals surface area contributed by atoms with Gasteiger partial charge in [-0.05, 0) is 19.1 Å². The largest absolute Gasteiger partial charge is 0.573 e. The molecule has 1 aromatic rings. The smallest absolute Gasteiger partial charge is 0.462 e. The van der Waals surface area contributed by atoms with E-state index in [-0.39, 0.29) is 6.61 Å². The van der Waals surface area contributed by atoms with E-state index in [0.717, 1.165) is 6.07 Å². The van der Waals surface area contributed by atoms with Gasteiger partial charge in [0, 0.05) is 0 Å². The van der Waals surface area contributed by atoms with Gasteiger partial charge < -0.3 is 9.47 Å². The van der Waals surface area contributed by atoms with Crippen LogP contribution in [0.3, 0.4) is 0 Å². The Bertz CT molecular complexity index is 577. The van der Waals surface area contributed by atoms with E-state index in [9.17, 15) is 26.7 Å². The van der Waals surface area contributed by atoms with Gasteiger partial charge in [-0.25, -0.2) is 13.6 Å². The van der Waals surface area contributed by atoms with Crippen molar-refractivity contribution in [3.05, 3.63) is 28.8 Å². The summed E-state index contributed by atoms with van der Waals surface area (Å²) in [6, 6.07) is 2.64. The SMILES string of the molecule is CCOC(=O)c1ccc(C(F)F)c(OC(F)(F)F)c1C#N. The Kier molecular flexibility index (Phi) is 5.07. The molecule has 0 aromatic heterocycles. The first-order valence-corrected chi connectivity index (χ1v) is 5.49. The lowest BCUT2D eigenvalue weighted by Gasteiger charge is -2.16. The Labute approximate surface area is 115 Å². The number of carbonyl (C=O) groups is 1. The fourth-order valence-electron chi connectivity index (χ4n) is 1.49. The Morgan fingerprint density at radius 1 is 1.38 bits per heavy atom. The summed E-state index contributed by atoms with van der Waals surface area (Å²) in [4.78, 5) is 11.5. The van der Waals surface area contributed by atoms with Gasteiger partial charge in [-0.15, -0.1) is 13.2 Å². The van der Waals surface area contributed by atoms with Gasteiger partial charge in [0.1, 0.15) is 11.6 Å². The van der Waals surface area contributed by atoms with E-state index < -0.39 is 41.2 Å². The lowest BCUT2D eigenvalue weighted by molar-refractivity contribution is -0.275. The molecule has 0 unspecified atom stereocenters. The Balaban J connectivity index is 3.50. The topological polar surface area (TPSA) is 59.3 Å². The highest BCUT2D eigenvalue weighted by atomic mass is 19.4. The molecule has 0 aliphatic heterocycles. The van der Waals surface area contributed by atoms with Crippen LogP contribution in [0.2, 0.25) is 0 Å². The van der Waals surface area contributed by atoms with E-state index >= 15 is 0 Å². The lowest BCUT2D eigenvalue weighted by atomic mass is 10.0. The second-order valence-corrected chi connectivity index (χ2v) is 3.59. The van der Waals surface area contributed by atoms with Gasteiger partial charge in [0.05, 0.1) is 17.7 Å². The van der Waals surface area contributed by atoms with Gasteiger partial charge in [-0.2, -0.15) is 5.26 Å². The zero-order chi connectivity index (χ0) is 16.2. The molecule has 114 valence electrons. The average molecular weight is 309 g/mol. The highest BCUT2D eigenvalue weighted by molar-refractivity contribution is 5.93. The summed E-state index contributed by atoms with van der Waals surface area (Å²) in [7, 11) is 0. The quantitative estimate of drug-likeness (QED) is 0.630. The van der Waals surface area contributed by atoms with Crippen LogP contribution in [0, 0.1) is 11.3 Å². The van der Waals surface area contributed by atoms with Crippen molar-refractivity contribution < 1.29 is 36.2 Å². The van der Waals surface area contributed by atoms with E-state index in [2.05, 4.69) is 9.47 Å². The van der Waals surface area contributed by atoms with Crippen molar-refractivity contribution >= 4 is 5.97 Å². The van der Waals surface area contributed by atoms with E-state index in [1.54, 1.807) is 0 Å². The highest BCUT2D eigenvalue weighted by Gasteiger charge is 2.36. The maximum absolute atomic E-state index is 12.7. The van der Waals surface area contributed by atoms with Crippen molar-refractivity contribution in [2.45, 2.75) is 19.7 Å². The molecule has 1 rings (SSSR count). The van der Waals surface area contributed by atoms with Crippen LogP contribution in [-0.2, 0) is 4.74 Å². The molecule has 0 amide bonds. The van der Waals surface area contributed by atoms with Crippen LogP contribution in [0.4, 0.5) is 22.0 Å². The molecule has 4 nitrogen and oxygen atoms in total. The van der Waals surface area contributed by atoms with Crippen molar-refractivity contribution in [2.75, 3.05) is 6.61 Å². The Morgan fingerprint density at radius 2 is 2.00 bits per heavy atom. The Morgan fingerprint density at radius 3 is 2.43 bits per heavy atom. The number of hydrogen-bond acceptors (Lipinski definition) is 4. The van der Waals surface area contributed by atoms with Gasteiger partial charge in [0.15, 0.2) is 5.75 Å². The van der Waals surface area contributed by atoms with Crippen molar-refractivity contribution in [1.82, 2.24) is 0 Å². The molecule has 1 aromatic carbocycles. The fraction of sp³-hybridized carbons (Fsp3) is 0.333. The van der Waals surface area contributed by atoms with Crippen LogP contribution in [0.5, 0.6) is 5.75 Å². The summed E-state index contributed by atoms with van der Waals surface area (Å²) in [5, 5.41) is 8.87. The summed E-state index contributed by atoms with van der Waals surface area (Å²) in [5.74, 6) is -2.51. The summed E-state index contributed by atoms with van der Waals surface area (Å²) in [6.07, 6.45) is -8.60. The van der Waals surface area contributed by atoms with Crippen LogP contribution in [-0.4, -0.2) is 18.9 Å². The molecule has 0 saturated carbocycles. The van der Waals surface area contributed by atoms with Gasteiger partial charge in [0.25, 0.3) is 6.43 Å². The van der Waals surface area contributed by atoms with E-state index in [1.165, 1.54) is 13.0 Å². The maximum Gasteiger partial charge on any atom is 0.573 e. The summed E-state index contributed by atoms with van der Waals surface area (Å²) in [6.45, 7) is 1.33. The number of esters is 1. The number of rotatable bonds is 4. The maximum atomic E-state index is 12.7. The number of ether oxygens (including phenoxy) is 2. The molecular weight excluding hydrogens is 301 g/mol. The molecule has 21 heavy (non-hydrogen) atoms. The minimum absolute atomic E-state index is 0.101. The minimum atomic E-state index is -5.29. The lowest BCUT2D eigenvalue weighted by Crippen LogP contribution is -2.20. The zero-order valence-corrected chi connectivity index (χ0v) is 10.5. The first-order chi connectivity index (χ1) is 9.71. The predicted octanol–water partition coefficient (Wildman–Crippen LogP) is 3.57. The number of nitriles is 1. The predicted molar refractivity (Wildman–Crippen MR) is 58.8 cm³/mol. The summed E-state index contributed by atoms with van der Waals surface area (Å²) in [5.41, 5.74) is -2.68. The number of hydrogen-bond donors (Lipinski definition) is 0. The van der Waals surface area contributed by atoms with E-state index in [0.29, 0.717) is 6.07 Å². The molecule has 0 fully saturated rings. The third kappa shape index (κ3) is 4.05. The number of alkyl halides is 5. The molecule has 0 heterocycles. The average Bonchev–Trinajstić information content (AvgIpc) is 2.36. The van der Waals surface area contributed by atoms with Crippen LogP contribution in [0.15, 0.2) is 12.1 Å². The summed E-state index contributed by atoms with van der Waals surface area (Å²) < 4.78 is 70.3. The van der Waals surface area contributed by atoms with Crippen LogP contribution >= 0.6 is 0 Å². The minimum Gasteiger partial charge on any atom is -0.462 e. The van der Waals surface area contributed by atoms with Crippen molar-refractivity contribution in [3.63, 3.8) is 0 Å². The van der Waals surface area contributed by atoms with Crippen molar-refractivity contribution in [1.29, 1.82) is 5.26 Å². The normalized spacial score (nSPS) is 11.1. The molecule has 0 aliphatic rings. The van der Waals surface area contributed by atoms with Gasteiger partial charge in [-0.3, -0.25) is 0 Å². The van der Waals surface area contributed by atoms with Gasteiger partial charge >= 0.3 is 12.3 Å². The van der Waals surface area contributed by atoms with E-state index in [4.69, 9.17) is 5.26 Å². The molecule has 0 N–H and O–H groups in total. The number of halogens is 5. The zero-order valence-electron chi connectivity index (χ0n) is 10.5. The molecule has 9 heteroatoms. The van der Waals surface area contributed by atoms with Gasteiger partial charge in [-0.1, -0.05) is 0 Å². The van der Waals surface area contributed by atoms with Crippen LogP contribution in [0.25, 0.3) is 0 Å². The van der Waals surface area contributed by atoms with Crippen molar-refractivity contribution in [2.24, 2.45) is 0 Å². The van der Waals surface area contributed by atoms with Gasteiger partial charge in [0.2, 0.25) is 0 Å². The number of benzene rings is 1. The summed E-state index contributed by atoms with van der Waals surface area (Å²) >= 11 is 0.